The quantitative estimate of drug-likeness (QED) is 0.404. The van der Waals surface area contributed by atoms with Crippen molar-refractivity contribution in [1.29, 1.82) is 0 Å². The molecule has 9 nitrogen and oxygen atoms in total. The summed E-state index contributed by atoms with van der Waals surface area (Å²) >= 11 is 0. The fraction of sp³-hybridized carbons (Fsp3) is 0.375. The van der Waals surface area contributed by atoms with Gasteiger partial charge in [0.2, 0.25) is 11.8 Å². The van der Waals surface area contributed by atoms with E-state index in [4.69, 9.17) is 10.8 Å². The van der Waals surface area contributed by atoms with Crippen molar-refractivity contribution in [3.63, 3.8) is 0 Å². The first-order valence-corrected chi connectivity index (χ1v) is 7.63. The van der Waals surface area contributed by atoms with E-state index in [0.29, 0.717) is 5.56 Å². The van der Waals surface area contributed by atoms with Gasteiger partial charge in [0.15, 0.2) is 0 Å². The number of nitrogens with one attached hydrogen (secondary N) is 3. The van der Waals surface area contributed by atoms with Gasteiger partial charge in [-0.15, -0.1) is 0 Å². The molecule has 0 fully saturated rings. The minimum absolute atomic E-state index is 0.217. The Kier molecular flexibility index (Phi) is 7.54. The SMILES string of the molecule is C[C@H](N)C(=O)N[C@@H](C)C(=O)NCc1ccc(C(=O)NCC(=O)O)cc1. The second-order valence-corrected chi connectivity index (χ2v) is 5.51. The number of amides is 3. The highest BCUT2D eigenvalue weighted by Crippen LogP contribution is 2.04. The first-order valence-electron chi connectivity index (χ1n) is 7.63. The van der Waals surface area contributed by atoms with E-state index < -0.39 is 36.4 Å². The molecule has 1 aromatic rings. The summed E-state index contributed by atoms with van der Waals surface area (Å²) in [7, 11) is 0. The zero-order valence-electron chi connectivity index (χ0n) is 14.0. The van der Waals surface area contributed by atoms with Gasteiger partial charge in [-0.3, -0.25) is 19.2 Å². The molecule has 0 spiro atoms. The molecule has 136 valence electrons. The molecule has 1 aromatic carbocycles. The van der Waals surface area contributed by atoms with Crippen LogP contribution in [0.2, 0.25) is 0 Å². The third kappa shape index (κ3) is 7.00. The number of carbonyl (C=O) groups excluding carboxylic acids is 3. The molecular weight excluding hydrogens is 328 g/mol. The molecule has 0 aromatic heterocycles. The summed E-state index contributed by atoms with van der Waals surface area (Å²) in [5.41, 5.74) is 6.48. The standard InChI is InChI=1S/C16H22N4O5/c1-9(17)14(23)20-10(2)15(24)18-7-11-3-5-12(6-4-11)16(25)19-8-13(21)22/h3-6,9-10H,7-8,17H2,1-2H3,(H,18,24)(H,19,25)(H,20,23)(H,21,22)/t9-,10-/m0/s1. The van der Waals surface area contributed by atoms with Crippen molar-refractivity contribution < 1.29 is 24.3 Å². The second-order valence-electron chi connectivity index (χ2n) is 5.51. The monoisotopic (exact) mass is 350 g/mol. The molecule has 0 saturated heterocycles. The summed E-state index contributed by atoms with van der Waals surface area (Å²) in [6.07, 6.45) is 0. The minimum atomic E-state index is -1.13. The highest BCUT2D eigenvalue weighted by atomic mass is 16.4. The lowest BCUT2D eigenvalue weighted by molar-refractivity contribution is -0.135. The van der Waals surface area contributed by atoms with E-state index in [-0.39, 0.29) is 12.5 Å². The van der Waals surface area contributed by atoms with E-state index in [9.17, 15) is 19.2 Å². The fourth-order valence-electron chi connectivity index (χ4n) is 1.78. The van der Waals surface area contributed by atoms with Crippen molar-refractivity contribution in [2.75, 3.05) is 6.54 Å². The van der Waals surface area contributed by atoms with Crippen LogP contribution in [0.25, 0.3) is 0 Å². The van der Waals surface area contributed by atoms with E-state index in [0.717, 1.165) is 5.56 Å². The largest absolute Gasteiger partial charge is 0.480 e. The molecule has 25 heavy (non-hydrogen) atoms. The summed E-state index contributed by atoms with van der Waals surface area (Å²) in [6.45, 7) is 2.83. The molecule has 1 rings (SSSR count). The van der Waals surface area contributed by atoms with E-state index in [1.165, 1.54) is 19.1 Å². The zero-order chi connectivity index (χ0) is 19.0. The van der Waals surface area contributed by atoms with Crippen LogP contribution < -0.4 is 21.7 Å². The summed E-state index contributed by atoms with van der Waals surface area (Å²) in [4.78, 5) is 45.4. The van der Waals surface area contributed by atoms with Gasteiger partial charge in [-0.1, -0.05) is 12.1 Å². The van der Waals surface area contributed by atoms with Crippen molar-refractivity contribution in [3.8, 4) is 0 Å². The number of rotatable bonds is 8. The lowest BCUT2D eigenvalue weighted by atomic mass is 10.1. The Morgan fingerprint density at radius 3 is 2.16 bits per heavy atom. The molecule has 0 aliphatic rings. The molecule has 9 heteroatoms. The normalized spacial score (nSPS) is 12.6. The van der Waals surface area contributed by atoms with Gasteiger partial charge in [-0.25, -0.2) is 0 Å². The predicted octanol–water partition coefficient (Wildman–Crippen LogP) is -1.03. The van der Waals surface area contributed by atoms with Gasteiger partial charge in [0.05, 0.1) is 6.04 Å². The van der Waals surface area contributed by atoms with E-state index >= 15 is 0 Å². The Bertz CT molecular complexity index is 642. The molecule has 3 amide bonds. The topological polar surface area (TPSA) is 151 Å². The lowest BCUT2D eigenvalue weighted by Gasteiger charge is -2.15. The number of carboxylic acid groups (broad SMARTS) is 1. The van der Waals surface area contributed by atoms with Gasteiger partial charge in [0.1, 0.15) is 12.6 Å². The van der Waals surface area contributed by atoms with Gasteiger partial charge >= 0.3 is 5.97 Å². The van der Waals surface area contributed by atoms with Crippen LogP contribution in [0.4, 0.5) is 0 Å². The summed E-state index contributed by atoms with van der Waals surface area (Å²) < 4.78 is 0. The minimum Gasteiger partial charge on any atom is -0.480 e. The number of hydrogen-bond donors (Lipinski definition) is 5. The number of hydrogen-bond acceptors (Lipinski definition) is 5. The van der Waals surface area contributed by atoms with Crippen LogP contribution in [-0.2, 0) is 20.9 Å². The van der Waals surface area contributed by atoms with E-state index in [2.05, 4.69) is 16.0 Å². The second kappa shape index (κ2) is 9.38. The van der Waals surface area contributed by atoms with Crippen molar-refractivity contribution in [2.24, 2.45) is 5.73 Å². The van der Waals surface area contributed by atoms with Crippen LogP contribution in [0, 0.1) is 0 Å². The summed E-state index contributed by atoms with van der Waals surface area (Å²) in [6, 6.07) is 4.91. The summed E-state index contributed by atoms with van der Waals surface area (Å²) in [5.74, 6) is -2.40. The molecule has 0 aliphatic carbocycles. The maximum atomic E-state index is 11.9. The van der Waals surface area contributed by atoms with Crippen LogP contribution in [0.3, 0.4) is 0 Å². The molecule has 2 atom stereocenters. The van der Waals surface area contributed by atoms with Crippen molar-refractivity contribution >= 4 is 23.7 Å². The Morgan fingerprint density at radius 1 is 1.04 bits per heavy atom. The average Bonchev–Trinajstić information content (AvgIpc) is 2.57. The summed E-state index contributed by atoms with van der Waals surface area (Å²) in [5, 5.41) is 15.9. The van der Waals surface area contributed by atoms with Gasteiger partial charge < -0.3 is 26.8 Å². The Morgan fingerprint density at radius 2 is 1.64 bits per heavy atom. The van der Waals surface area contributed by atoms with Crippen molar-refractivity contribution in [2.45, 2.75) is 32.5 Å². The number of aliphatic carboxylic acids is 1. The highest BCUT2D eigenvalue weighted by Gasteiger charge is 2.17. The van der Waals surface area contributed by atoms with Gasteiger partial charge in [0, 0.05) is 12.1 Å². The fourth-order valence-corrected chi connectivity index (χ4v) is 1.78. The Hall–Kier alpha value is -2.94. The average molecular weight is 350 g/mol. The Labute approximate surface area is 145 Å². The predicted molar refractivity (Wildman–Crippen MR) is 89.5 cm³/mol. The van der Waals surface area contributed by atoms with Crippen LogP contribution >= 0.6 is 0 Å². The van der Waals surface area contributed by atoms with Crippen LogP contribution in [0.1, 0.15) is 29.8 Å². The lowest BCUT2D eigenvalue weighted by Crippen LogP contribution is -2.49. The van der Waals surface area contributed by atoms with Crippen LogP contribution in [0.5, 0.6) is 0 Å². The smallest absolute Gasteiger partial charge is 0.322 e. The van der Waals surface area contributed by atoms with Crippen molar-refractivity contribution in [1.82, 2.24) is 16.0 Å². The molecule has 0 unspecified atom stereocenters. The molecular formula is C16H22N4O5. The number of carboxylic acids is 1. The number of carbonyl (C=O) groups is 4. The third-order valence-electron chi connectivity index (χ3n) is 3.25. The van der Waals surface area contributed by atoms with Crippen LogP contribution in [-0.4, -0.2) is 47.4 Å². The molecule has 0 aliphatic heterocycles. The number of nitrogens with two attached hydrogens (primary N) is 1. The highest BCUT2D eigenvalue weighted by molar-refractivity contribution is 5.95. The maximum Gasteiger partial charge on any atom is 0.322 e. The number of benzene rings is 1. The molecule has 0 radical (unpaired) electrons. The van der Waals surface area contributed by atoms with Gasteiger partial charge in [-0.05, 0) is 31.5 Å². The zero-order valence-corrected chi connectivity index (χ0v) is 14.0. The van der Waals surface area contributed by atoms with Gasteiger partial charge in [-0.2, -0.15) is 0 Å². The molecule has 0 saturated carbocycles. The van der Waals surface area contributed by atoms with Gasteiger partial charge in [0.25, 0.3) is 5.91 Å². The maximum absolute atomic E-state index is 11.9. The van der Waals surface area contributed by atoms with Crippen LogP contribution in [0.15, 0.2) is 24.3 Å². The molecule has 0 bridgehead atoms. The van der Waals surface area contributed by atoms with E-state index in [1.807, 2.05) is 0 Å². The first-order chi connectivity index (χ1) is 11.7. The first kappa shape index (κ1) is 20.1. The Balaban J connectivity index is 2.50. The molecule has 0 heterocycles. The third-order valence-corrected chi connectivity index (χ3v) is 3.25. The van der Waals surface area contributed by atoms with Crippen molar-refractivity contribution in [3.05, 3.63) is 35.4 Å². The van der Waals surface area contributed by atoms with E-state index in [1.54, 1.807) is 19.1 Å². The molecule has 6 N–H and O–H groups in total.